The highest BCUT2D eigenvalue weighted by molar-refractivity contribution is 5.95. The molecule has 3 N–H and O–H groups in total. The number of benzene rings is 1. The van der Waals surface area contributed by atoms with Crippen LogP contribution in [-0.4, -0.2) is 28.8 Å². The molecule has 0 atom stereocenters. The van der Waals surface area contributed by atoms with Gasteiger partial charge in [0.2, 0.25) is 0 Å². The van der Waals surface area contributed by atoms with Gasteiger partial charge in [0.25, 0.3) is 5.91 Å². The van der Waals surface area contributed by atoms with Gasteiger partial charge in [-0.3, -0.25) is 4.79 Å². The Bertz CT molecular complexity index is 592. The summed E-state index contributed by atoms with van der Waals surface area (Å²) in [5.41, 5.74) is 7.39. The van der Waals surface area contributed by atoms with Crippen molar-refractivity contribution in [3.05, 3.63) is 47.5 Å². The lowest BCUT2D eigenvalue weighted by molar-refractivity contribution is 0.0954. The van der Waals surface area contributed by atoms with E-state index in [1.165, 1.54) is 18.3 Å². The van der Waals surface area contributed by atoms with E-state index in [1.54, 1.807) is 16.8 Å². The van der Waals surface area contributed by atoms with E-state index in [-0.39, 0.29) is 11.7 Å². The highest BCUT2D eigenvalue weighted by atomic mass is 19.1. The molecule has 2 aromatic rings. The lowest BCUT2D eigenvalue weighted by atomic mass is 10.2. The van der Waals surface area contributed by atoms with Crippen molar-refractivity contribution >= 4 is 5.91 Å². The minimum Gasteiger partial charge on any atom is -0.351 e. The fourth-order valence-corrected chi connectivity index (χ4v) is 1.99. The third-order valence-corrected chi connectivity index (χ3v) is 2.95. The third-order valence-electron chi connectivity index (χ3n) is 2.95. The van der Waals surface area contributed by atoms with Gasteiger partial charge in [-0.1, -0.05) is 6.92 Å². The quantitative estimate of drug-likeness (QED) is 0.863. The smallest absolute Gasteiger partial charge is 0.254 e. The van der Waals surface area contributed by atoms with Gasteiger partial charge in [0.1, 0.15) is 5.82 Å². The Hall–Kier alpha value is -2.21. The zero-order valence-electron chi connectivity index (χ0n) is 11.3. The van der Waals surface area contributed by atoms with Crippen LogP contribution in [0.4, 0.5) is 4.39 Å². The summed E-state index contributed by atoms with van der Waals surface area (Å²) in [5, 5.41) is 6.94. The van der Waals surface area contributed by atoms with Crippen molar-refractivity contribution < 1.29 is 9.18 Å². The molecule has 0 spiro atoms. The summed E-state index contributed by atoms with van der Waals surface area (Å²) in [6.45, 7) is 2.75. The van der Waals surface area contributed by atoms with Gasteiger partial charge >= 0.3 is 0 Å². The lowest BCUT2D eigenvalue weighted by Crippen LogP contribution is -2.29. The van der Waals surface area contributed by atoms with Gasteiger partial charge in [-0.05, 0) is 30.7 Å². The molecule has 0 aliphatic carbocycles. The minimum atomic E-state index is -0.306. The molecule has 0 unspecified atom stereocenters. The van der Waals surface area contributed by atoms with Crippen molar-refractivity contribution in [2.75, 3.05) is 13.1 Å². The molecule has 106 valence electrons. The standard InChI is InChI=1S/C14H17FN4O/c1-2-13-12(14(20)17-8-7-16)9-18-19(13)11-5-3-10(15)4-6-11/h3-6,9H,2,7-8,16H2,1H3,(H,17,20). The average molecular weight is 276 g/mol. The number of aromatic nitrogens is 2. The largest absolute Gasteiger partial charge is 0.351 e. The summed E-state index contributed by atoms with van der Waals surface area (Å²) in [4.78, 5) is 12.0. The summed E-state index contributed by atoms with van der Waals surface area (Å²) < 4.78 is 14.6. The molecule has 0 saturated heterocycles. The SMILES string of the molecule is CCc1c(C(=O)NCCN)cnn1-c1ccc(F)cc1. The first-order chi connectivity index (χ1) is 9.67. The van der Waals surface area contributed by atoms with E-state index in [1.807, 2.05) is 6.92 Å². The summed E-state index contributed by atoms with van der Waals surface area (Å²) in [5.74, 6) is -0.500. The molecule has 0 aliphatic heterocycles. The Morgan fingerprint density at radius 3 is 2.70 bits per heavy atom. The van der Waals surface area contributed by atoms with Crippen molar-refractivity contribution in [2.24, 2.45) is 5.73 Å². The Morgan fingerprint density at radius 2 is 2.10 bits per heavy atom. The number of amides is 1. The van der Waals surface area contributed by atoms with Gasteiger partial charge in [-0.25, -0.2) is 9.07 Å². The Labute approximate surface area is 116 Å². The van der Waals surface area contributed by atoms with E-state index in [0.717, 1.165) is 11.4 Å². The Balaban J connectivity index is 2.34. The Morgan fingerprint density at radius 1 is 1.40 bits per heavy atom. The molecule has 0 aliphatic rings. The maximum atomic E-state index is 13.0. The number of nitrogens with two attached hydrogens (primary N) is 1. The normalized spacial score (nSPS) is 10.6. The molecule has 0 bridgehead atoms. The van der Waals surface area contributed by atoms with Crippen molar-refractivity contribution in [1.29, 1.82) is 0 Å². The van der Waals surface area contributed by atoms with Crippen LogP contribution in [0.2, 0.25) is 0 Å². The molecular weight excluding hydrogens is 259 g/mol. The van der Waals surface area contributed by atoms with Crippen LogP contribution in [0.15, 0.2) is 30.5 Å². The number of rotatable bonds is 5. The monoisotopic (exact) mass is 276 g/mol. The molecule has 0 fully saturated rings. The zero-order valence-corrected chi connectivity index (χ0v) is 11.3. The van der Waals surface area contributed by atoms with Gasteiger partial charge < -0.3 is 11.1 Å². The predicted octanol–water partition coefficient (Wildman–Crippen LogP) is 1.26. The Kier molecular flexibility index (Phi) is 4.47. The highest BCUT2D eigenvalue weighted by Crippen LogP contribution is 2.16. The van der Waals surface area contributed by atoms with Crippen LogP contribution in [0.3, 0.4) is 0 Å². The van der Waals surface area contributed by atoms with Crippen molar-refractivity contribution in [3.8, 4) is 5.69 Å². The van der Waals surface area contributed by atoms with Gasteiger partial charge in [-0.15, -0.1) is 0 Å². The van der Waals surface area contributed by atoms with Crippen LogP contribution in [-0.2, 0) is 6.42 Å². The molecule has 6 heteroatoms. The summed E-state index contributed by atoms with van der Waals surface area (Å²) in [7, 11) is 0. The third kappa shape index (κ3) is 2.85. The van der Waals surface area contributed by atoms with Crippen LogP contribution in [0.25, 0.3) is 5.69 Å². The zero-order chi connectivity index (χ0) is 14.5. The average Bonchev–Trinajstić information content (AvgIpc) is 2.89. The topological polar surface area (TPSA) is 72.9 Å². The number of carbonyl (C=O) groups is 1. The summed E-state index contributed by atoms with van der Waals surface area (Å²) >= 11 is 0. The fourth-order valence-electron chi connectivity index (χ4n) is 1.99. The first kappa shape index (κ1) is 14.2. The summed E-state index contributed by atoms with van der Waals surface area (Å²) in [6.07, 6.45) is 2.16. The minimum absolute atomic E-state index is 0.194. The molecule has 0 radical (unpaired) electrons. The van der Waals surface area contributed by atoms with Gasteiger partial charge in [0.05, 0.1) is 23.1 Å². The first-order valence-corrected chi connectivity index (χ1v) is 6.48. The molecular formula is C14H17FN4O. The van der Waals surface area contributed by atoms with Crippen LogP contribution < -0.4 is 11.1 Å². The van der Waals surface area contributed by atoms with Crippen LogP contribution in [0.1, 0.15) is 23.0 Å². The van der Waals surface area contributed by atoms with Gasteiger partial charge in [0.15, 0.2) is 0 Å². The molecule has 1 amide bonds. The van der Waals surface area contributed by atoms with E-state index in [0.29, 0.717) is 25.1 Å². The second-order valence-electron chi connectivity index (χ2n) is 4.29. The first-order valence-electron chi connectivity index (χ1n) is 6.48. The molecule has 20 heavy (non-hydrogen) atoms. The number of nitrogens with one attached hydrogen (secondary N) is 1. The number of hydrogen-bond donors (Lipinski definition) is 2. The molecule has 2 rings (SSSR count). The molecule has 1 heterocycles. The highest BCUT2D eigenvalue weighted by Gasteiger charge is 2.16. The number of hydrogen-bond acceptors (Lipinski definition) is 3. The van der Waals surface area contributed by atoms with E-state index < -0.39 is 0 Å². The van der Waals surface area contributed by atoms with Crippen LogP contribution in [0, 0.1) is 5.82 Å². The molecule has 1 aromatic carbocycles. The molecule has 1 aromatic heterocycles. The van der Waals surface area contributed by atoms with E-state index in [2.05, 4.69) is 10.4 Å². The summed E-state index contributed by atoms with van der Waals surface area (Å²) in [6, 6.07) is 5.99. The van der Waals surface area contributed by atoms with Gasteiger partial charge in [-0.2, -0.15) is 5.10 Å². The maximum Gasteiger partial charge on any atom is 0.254 e. The lowest BCUT2D eigenvalue weighted by Gasteiger charge is -2.08. The molecule has 5 nitrogen and oxygen atoms in total. The fraction of sp³-hybridized carbons (Fsp3) is 0.286. The van der Waals surface area contributed by atoms with Crippen molar-refractivity contribution in [1.82, 2.24) is 15.1 Å². The van der Waals surface area contributed by atoms with Crippen molar-refractivity contribution in [2.45, 2.75) is 13.3 Å². The van der Waals surface area contributed by atoms with Crippen LogP contribution in [0.5, 0.6) is 0 Å². The number of nitrogens with zero attached hydrogens (tertiary/aromatic N) is 2. The van der Waals surface area contributed by atoms with E-state index in [9.17, 15) is 9.18 Å². The van der Waals surface area contributed by atoms with Gasteiger partial charge in [0, 0.05) is 13.1 Å². The molecule has 0 saturated carbocycles. The number of halogens is 1. The maximum absolute atomic E-state index is 13.0. The van der Waals surface area contributed by atoms with E-state index >= 15 is 0 Å². The van der Waals surface area contributed by atoms with E-state index in [4.69, 9.17) is 5.73 Å². The second kappa shape index (κ2) is 6.29. The number of carbonyl (C=O) groups excluding carboxylic acids is 1. The predicted molar refractivity (Wildman–Crippen MR) is 74.3 cm³/mol. The van der Waals surface area contributed by atoms with Crippen molar-refractivity contribution in [3.63, 3.8) is 0 Å². The van der Waals surface area contributed by atoms with Crippen LogP contribution >= 0.6 is 0 Å². The second-order valence-corrected chi connectivity index (χ2v) is 4.29.